The van der Waals surface area contributed by atoms with Crippen molar-refractivity contribution in [2.75, 3.05) is 11.4 Å². The Labute approximate surface area is 152 Å². The molecular weight excluding hydrogens is 322 g/mol. The number of aromatic nitrogens is 2. The number of fused-ring (bicyclic) bond motifs is 1. The molecule has 1 heterocycles. The van der Waals surface area contributed by atoms with Crippen molar-refractivity contribution in [2.45, 2.75) is 6.92 Å². The van der Waals surface area contributed by atoms with Gasteiger partial charge in [-0.1, -0.05) is 54.6 Å². The van der Waals surface area contributed by atoms with Crippen molar-refractivity contribution in [3.63, 3.8) is 0 Å². The Morgan fingerprint density at radius 2 is 1.69 bits per heavy atom. The fraction of sp³-hybridized carbons (Fsp3) is 0.0909. The van der Waals surface area contributed by atoms with E-state index in [2.05, 4.69) is 17.2 Å². The molecule has 0 atom stereocenters. The molecule has 4 rings (SSSR count). The molecule has 0 spiro atoms. The van der Waals surface area contributed by atoms with Crippen LogP contribution in [0.2, 0.25) is 0 Å². The smallest absolute Gasteiger partial charge is 0.261 e. The highest BCUT2D eigenvalue weighted by Gasteiger charge is 2.19. The summed E-state index contributed by atoms with van der Waals surface area (Å²) < 4.78 is 1.73. The first-order valence-electron chi connectivity index (χ1n) is 8.67. The van der Waals surface area contributed by atoms with Crippen molar-refractivity contribution in [2.24, 2.45) is 0 Å². The lowest BCUT2D eigenvalue weighted by Crippen LogP contribution is -2.30. The summed E-state index contributed by atoms with van der Waals surface area (Å²) in [6.07, 6.45) is 3.41. The number of carbonyl (C=O) groups excluding carboxylic acids is 1. The van der Waals surface area contributed by atoms with Crippen LogP contribution in [0.4, 0.5) is 5.69 Å². The Bertz CT molecular complexity index is 1050. The van der Waals surface area contributed by atoms with Gasteiger partial charge < -0.3 is 4.90 Å². The van der Waals surface area contributed by atoms with Gasteiger partial charge in [0.2, 0.25) is 0 Å². The molecule has 4 heteroatoms. The molecule has 0 saturated heterocycles. The van der Waals surface area contributed by atoms with Gasteiger partial charge >= 0.3 is 0 Å². The van der Waals surface area contributed by atoms with E-state index in [0.29, 0.717) is 12.1 Å². The van der Waals surface area contributed by atoms with Crippen molar-refractivity contribution in [3.05, 3.63) is 90.8 Å². The molecule has 0 aliphatic rings. The predicted molar refractivity (Wildman–Crippen MR) is 105 cm³/mol. The normalized spacial score (nSPS) is 10.8. The molecule has 3 aromatic carbocycles. The van der Waals surface area contributed by atoms with Gasteiger partial charge in [-0.05, 0) is 30.5 Å². The minimum Gasteiger partial charge on any atom is -0.308 e. The molecule has 0 fully saturated rings. The van der Waals surface area contributed by atoms with Crippen molar-refractivity contribution < 1.29 is 4.79 Å². The molecule has 4 aromatic rings. The summed E-state index contributed by atoms with van der Waals surface area (Å²) in [5.41, 5.74) is 2.42. The number of para-hydroxylation sites is 1. The van der Waals surface area contributed by atoms with E-state index in [1.807, 2.05) is 67.6 Å². The van der Waals surface area contributed by atoms with Gasteiger partial charge in [-0.3, -0.25) is 4.79 Å². The first-order chi connectivity index (χ1) is 12.8. The fourth-order valence-corrected chi connectivity index (χ4v) is 3.18. The highest BCUT2D eigenvalue weighted by molar-refractivity contribution is 6.10. The van der Waals surface area contributed by atoms with E-state index >= 15 is 0 Å². The maximum Gasteiger partial charge on any atom is 0.261 e. The summed E-state index contributed by atoms with van der Waals surface area (Å²) in [6.45, 7) is 2.57. The molecule has 0 bridgehead atoms. The van der Waals surface area contributed by atoms with E-state index in [1.54, 1.807) is 22.0 Å². The molecule has 0 unspecified atom stereocenters. The average Bonchev–Trinajstić information content (AvgIpc) is 3.20. The summed E-state index contributed by atoms with van der Waals surface area (Å²) in [6, 6.07) is 23.9. The average molecular weight is 341 g/mol. The molecule has 1 aromatic heterocycles. The number of rotatable bonds is 4. The third-order valence-electron chi connectivity index (χ3n) is 4.47. The second kappa shape index (κ2) is 6.84. The quantitative estimate of drug-likeness (QED) is 0.540. The van der Waals surface area contributed by atoms with Crippen LogP contribution in [0.25, 0.3) is 16.5 Å². The second-order valence-electron chi connectivity index (χ2n) is 6.06. The van der Waals surface area contributed by atoms with Crippen LogP contribution in [-0.2, 0) is 0 Å². The number of benzene rings is 3. The van der Waals surface area contributed by atoms with E-state index in [9.17, 15) is 4.79 Å². The van der Waals surface area contributed by atoms with Crippen LogP contribution in [0.5, 0.6) is 0 Å². The Hall–Kier alpha value is -3.40. The topological polar surface area (TPSA) is 38.1 Å². The Balaban J connectivity index is 1.71. The minimum absolute atomic E-state index is 0.0500. The SMILES string of the molecule is CCN(C(=O)c1cnn(-c2ccccc2)c1)c1cccc2ccccc12. The van der Waals surface area contributed by atoms with E-state index in [4.69, 9.17) is 0 Å². The lowest BCUT2D eigenvalue weighted by molar-refractivity contribution is 0.0988. The van der Waals surface area contributed by atoms with Gasteiger partial charge in [-0.25, -0.2) is 4.68 Å². The fourth-order valence-electron chi connectivity index (χ4n) is 3.18. The van der Waals surface area contributed by atoms with E-state index in [1.165, 1.54) is 0 Å². The van der Waals surface area contributed by atoms with Crippen LogP contribution in [-0.4, -0.2) is 22.2 Å². The lowest BCUT2D eigenvalue weighted by Gasteiger charge is -2.22. The maximum absolute atomic E-state index is 13.1. The predicted octanol–water partition coefficient (Wildman–Crippen LogP) is 4.69. The number of hydrogen-bond donors (Lipinski definition) is 0. The van der Waals surface area contributed by atoms with Crippen LogP contribution in [0.15, 0.2) is 85.2 Å². The molecule has 128 valence electrons. The van der Waals surface area contributed by atoms with Gasteiger partial charge in [0, 0.05) is 18.1 Å². The van der Waals surface area contributed by atoms with Crippen LogP contribution < -0.4 is 4.90 Å². The Morgan fingerprint density at radius 1 is 0.962 bits per heavy atom. The van der Waals surface area contributed by atoms with Crippen molar-refractivity contribution in [3.8, 4) is 5.69 Å². The standard InChI is InChI=1S/C22H19N3O/c1-2-24(21-14-8-10-17-9-6-7-13-20(17)21)22(26)18-15-23-25(16-18)19-11-4-3-5-12-19/h3-16H,2H2,1H3. The first kappa shape index (κ1) is 16.1. The van der Waals surface area contributed by atoms with Crippen molar-refractivity contribution >= 4 is 22.4 Å². The van der Waals surface area contributed by atoms with Gasteiger partial charge in [0.1, 0.15) is 0 Å². The molecule has 0 N–H and O–H groups in total. The van der Waals surface area contributed by atoms with Gasteiger partial charge in [0.25, 0.3) is 5.91 Å². The summed E-state index contributed by atoms with van der Waals surface area (Å²) in [4.78, 5) is 14.9. The summed E-state index contributed by atoms with van der Waals surface area (Å²) in [5, 5.41) is 6.54. The highest BCUT2D eigenvalue weighted by atomic mass is 16.2. The zero-order valence-corrected chi connectivity index (χ0v) is 14.5. The third kappa shape index (κ3) is 2.86. The first-order valence-corrected chi connectivity index (χ1v) is 8.67. The largest absolute Gasteiger partial charge is 0.308 e. The molecule has 0 saturated carbocycles. The maximum atomic E-state index is 13.1. The highest BCUT2D eigenvalue weighted by Crippen LogP contribution is 2.27. The second-order valence-corrected chi connectivity index (χ2v) is 6.06. The molecular formula is C22H19N3O. The minimum atomic E-state index is -0.0500. The van der Waals surface area contributed by atoms with E-state index in [-0.39, 0.29) is 5.91 Å². The molecule has 4 nitrogen and oxygen atoms in total. The molecule has 0 aliphatic heterocycles. The molecule has 26 heavy (non-hydrogen) atoms. The van der Waals surface area contributed by atoms with E-state index in [0.717, 1.165) is 22.1 Å². The van der Waals surface area contributed by atoms with Crippen molar-refractivity contribution in [1.29, 1.82) is 0 Å². The number of anilines is 1. The number of nitrogens with zero attached hydrogens (tertiary/aromatic N) is 3. The van der Waals surface area contributed by atoms with Crippen molar-refractivity contribution in [1.82, 2.24) is 9.78 Å². The zero-order valence-electron chi connectivity index (χ0n) is 14.5. The molecule has 0 aliphatic carbocycles. The van der Waals surface area contributed by atoms with Gasteiger partial charge in [0.15, 0.2) is 0 Å². The van der Waals surface area contributed by atoms with Gasteiger partial charge in [0.05, 0.1) is 23.1 Å². The van der Waals surface area contributed by atoms with Crippen LogP contribution >= 0.6 is 0 Å². The van der Waals surface area contributed by atoms with E-state index < -0.39 is 0 Å². The summed E-state index contributed by atoms with van der Waals surface area (Å²) in [7, 11) is 0. The molecule has 1 amide bonds. The van der Waals surface area contributed by atoms with Crippen LogP contribution in [0, 0.1) is 0 Å². The van der Waals surface area contributed by atoms with Crippen LogP contribution in [0.1, 0.15) is 17.3 Å². The summed E-state index contributed by atoms with van der Waals surface area (Å²) >= 11 is 0. The number of amides is 1. The summed E-state index contributed by atoms with van der Waals surface area (Å²) in [5.74, 6) is -0.0500. The van der Waals surface area contributed by atoms with Crippen LogP contribution in [0.3, 0.4) is 0 Å². The number of hydrogen-bond acceptors (Lipinski definition) is 2. The zero-order chi connectivity index (χ0) is 17.9. The van der Waals surface area contributed by atoms with Gasteiger partial charge in [-0.15, -0.1) is 0 Å². The Kier molecular flexibility index (Phi) is 4.23. The third-order valence-corrected chi connectivity index (χ3v) is 4.47. The number of carbonyl (C=O) groups is 1. The molecule has 0 radical (unpaired) electrons. The Morgan fingerprint density at radius 3 is 2.50 bits per heavy atom. The lowest BCUT2D eigenvalue weighted by atomic mass is 10.1. The van der Waals surface area contributed by atoms with Gasteiger partial charge in [-0.2, -0.15) is 5.10 Å². The monoisotopic (exact) mass is 341 g/mol.